The average molecular weight is 449 g/mol. The zero-order valence-corrected chi connectivity index (χ0v) is 17.0. The first-order chi connectivity index (χ1) is 15.0. The maximum absolute atomic E-state index is 14.4. The zero-order valence-electron chi connectivity index (χ0n) is 16.3. The van der Waals surface area contributed by atoms with Gasteiger partial charge in [-0.05, 0) is 24.3 Å². The Kier molecular flexibility index (Phi) is 6.40. The lowest BCUT2D eigenvalue weighted by Crippen LogP contribution is -2.38. The SMILES string of the molecule is O=[N+]([O-])c1ccc(/C=C/c2nc(Cl)c3cc(F)c(OCCN4CCOCC4)cc3n2)o1. The highest BCUT2D eigenvalue weighted by Gasteiger charge is 2.14. The molecule has 4 rings (SSSR count). The first-order valence-electron chi connectivity index (χ1n) is 9.51. The number of halogens is 2. The molecule has 11 heteroatoms. The summed E-state index contributed by atoms with van der Waals surface area (Å²) < 4.78 is 30.4. The third kappa shape index (κ3) is 5.16. The van der Waals surface area contributed by atoms with Gasteiger partial charge in [-0.1, -0.05) is 11.6 Å². The van der Waals surface area contributed by atoms with Gasteiger partial charge in [0.25, 0.3) is 0 Å². The standard InChI is InChI=1S/C20H18ClFN4O5/c21-20-14-11-15(22)17(30-10-7-25-5-8-29-9-6-25)12-16(14)23-18(24-20)3-1-13-2-4-19(31-13)26(27)28/h1-4,11-12H,5-10H2/b3-1+. The molecule has 1 aromatic carbocycles. The summed E-state index contributed by atoms with van der Waals surface area (Å²) in [5, 5.41) is 11.1. The van der Waals surface area contributed by atoms with E-state index in [2.05, 4.69) is 14.9 Å². The van der Waals surface area contributed by atoms with Crippen LogP contribution in [0.5, 0.6) is 5.75 Å². The molecule has 1 aliphatic heterocycles. The second-order valence-corrected chi connectivity index (χ2v) is 7.10. The van der Waals surface area contributed by atoms with Gasteiger partial charge in [-0.25, -0.2) is 14.4 Å². The first-order valence-corrected chi connectivity index (χ1v) is 9.89. The number of ether oxygens (including phenoxy) is 2. The Bertz CT molecular complexity index is 1130. The lowest BCUT2D eigenvalue weighted by molar-refractivity contribution is -0.402. The lowest BCUT2D eigenvalue weighted by atomic mass is 10.2. The van der Waals surface area contributed by atoms with E-state index in [1.165, 1.54) is 36.4 Å². The van der Waals surface area contributed by atoms with E-state index in [9.17, 15) is 14.5 Å². The molecular formula is C20H18ClFN4O5. The fourth-order valence-electron chi connectivity index (χ4n) is 3.09. The highest BCUT2D eigenvalue weighted by Crippen LogP contribution is 2.28. The summed E-state index contributed by atoms with van der Waals surface area (Å²) in [6.45, 7) is 3.99. The summed E-state index contributed by atoms with van der Waals surface area (Å²) >= 11 is 6.20. The fourth-order valence-corrected chi connectivity index (χ4v) is 3.33. The predicted octanol–water partition coefficient (Wildman–Crippen LogP) is 3.80. The number of aromatic nitrogens is 2. The number of morpholine rings is 1. The van der Waals surface area contributed by atoms with E-state index < -0.39 is 10.7 Å². The molecule has 0 amide bonds. The van der Waals surface area contributed by atoms with E-state index in [1.807, 2.05) is 0 Å². The molecule has 0 N–H and O–H groups in total. The van der Waals surface area contributed by atoms with E-state index in [4.69, 9.17) is 25.5 Å². The van der Waals surface area contributed by atoms with Crippen LogP contribution in [0.4, 0.5) is 10.3 Å². The number of rotatable bonds is 7. The van der Waals surface area contributed by atoms with Gasteiger partial charge < -0.3 is 13.9 Å². The molecule has 31 heavy (non-hydrogen) atoms. The van der Waals surface area contributed by atoms with Crippen LogP contribution in [0.2, 0.25) is 5.15 Å². The summed E-state index contributed by atoms with van der Waals surface area (Å²) in [6.07, 6.45) is 2.98. The zero-order chi connectivity index (χ0) is 21.8. The van der Waals surface area contributed by atoms with Crippen molar-refractivity contribution in [2.75, 3.05) is 39.5 Å². The van der Waals surface area contributed by atoms with Crippen molar-refractivity contribution in [2.24, 2.45) is 0 Å². The number of hydrogen-bond acceptors (Lipinski definition) is 8. The summed E-state index contributed by atoms with van der Waals surface area (Å²) in [6, 6.07) is 5.42. The van der Waals surface area contributed by atoms with Gasteiger partial charge in [-0.3, -0.25) is 15.0 Å². The molecule has 162 valence electrons. The number of fused-ring (bicyclic) bond motifs is 1. The predicted molar refractivity (Wildman–Crippen MR) is 112 cm³/mol. The highest BCUT2D eigenvalue weighted by molar-refractivity contribution is 6.34. The quantitative estimate of drug-likeness (QED) is 0.305. The van der Waals surface area contributed by atoms with Crippen molar-refractivity contribution in [1.82, 2.24) is 14.9 Å². The van der Waals surface area contributed by atoms with Crippen molar-refractivity contribution in [1.29, 1.82) is 0 Å². The van der Waals surface area contributed by atoms with Crippen LogP contribution >= 0.6 is 11.6 Å². The van der Waals surface area contributed by atoms with Crippen molar-refractivity contribution in [3.63, 3.8) is 0 Å². The maximum atomic E-state index is 14.4. The van der Waals surface area contributed by atoms with Crippen molar-refractivity contribution in [3.8, 4) is 5.75 Å². The highest BCUT2D eigenvalue weighted by atomic mass is 35.5. The third-order valence-electron chi connectivity index (χ3n) is 4.68. The summed E-state index contributed by atoms with van der Waals surface area (Å²) in [7, 11) is 0. The van der Waals surface area contributed by atoms with Gasteiger partial charge in [0.15, 0.2) is 17.4 Å². The van der Waals surface area contributed by atoms with Crippen molar-refractivity contribution < 1.29 is 23.2 Å². The van der Waals surface area contributed by atoms with Crippen LogP contribution in [0.25, 0.3) is 23.1 Å². The van der Waals surface area contributed by atoms with Gasteiger partial charge in [-0.15, -0.1) is 0 Å². The van der Waals surface area contributed by atoms with E-state index in [0.717, 1.165) is 13.1 Å². The van der Waals surface area contributed by atoms with Crippen molar-refractivity contribution in [2.45, 2.75) is 0 Å². The van der Waals surface area contributed by atoms with E-state index >= 15 is 0 Å². The monoisotopic (exact) mass is 448 g/mol. The molecule has 0 atom stereocenters. The van der Waals surface area contributed by atoms with Crippen LogP contribution in [-0.4, -0.2) is 59.2 Å². The molecule has 0 unspecified atom stereocenters. The molecule has 9 nitrogen and oxygen atoms in total. The van der Waals surface area contributed by atoms with Gasteiger partial charge in [0.05, 0.1) is 24.8 Å². The number of furan rings is 1. The molecule has 2 aromatic heterocycles. The van der Waals surface area contributed by atoms with Gasteiger partial charge in [0, 0.05) is 31.1 Å². The Hall–Kier alpha value is -3.08. The number of benzene rings is 1. The third-order valence-corrected chi connectivity index (χ3v) is 4.97. The van der Waals surface area contributed by atoms with E-state index in [0.29, 0.717) is 37.3 Å². The molecular weight excluding hydrogens is 431 g/mol. The fraction of sp³-hybridized carbons (Fsp3) is 0.300. The largest absolute Gasteiger partial charge is 0.489 e. The van der Waals surface area contributed by atoms with Crippen LogP contribution in [0.1, 0.15) is 11.6 Å². The van der Waals surface area contributed by atoms with Crippen LogP contribution in [0.3, 0.4) is 0 Å². The molecule has 0 radical (unpaired) electrons. The Morgan fingerprint density at radius 3 is 2.81 bits per heavy atom. The van der Waals surface area contributed by atoms with Crippen molar-refractivity contribution in [3.05, 3.63) is 56.9 Å². The molecule has 3 aromatic rings. The number of hydrogen-bond donors (Lipinski definition) is 0. The molecule has 0 bridgehead atoms. The molecule has 3 heterocycles. The molecule has 1 fully saturated rings. The molecule has 1 aliphatic rings. The van der Waals surface area contributed by atoms with E-state index in [-0.39, 0.29) is 28.4 Å². The van der Waals surface area contributed by atoms with Gasteiger partial charge in [0.2, 0.25) is 0 Å². The molecule has 0 spiro atoms. The van der Waals surface area contributed by atoms with Crippen LogP contribution in [0.15, 0.2) is 28.7 Å². The normalized spacial score (nSPS) is 15.0. The molecule has 0 aliphatic carbocycles. The molecule has 0 saturated carbocycles. The Labute approximate surface area is 181 Å². The Morgan fingerprint density at radius 1 is 1.26 bits per heavy atom. The Balaban J connectivity index is 1.51. The summed E-state index contributed by atoms with van der Waals surface area (Å²) in [5.41, 5.74) is 0.410. The second-order valence-electron chi connectivity index (χ2n) is 6.74. The van der Waals surface area contributed by atoms with Gasteiger partial charge in [-0.2, -0.15) is 0 Å². The first kappa shape index (κ1) is 21.2. The van der Waals surface area contributed by atoms with E-state index in [1.54, 1.807) is 0 Å². The minimum absolute atomic E-state index is 0.0760. The minimum atomic E-state index is -0.629. The number of nitro groups is 1. The smallest absolute Gasteiger partial charge is 0.433 e. The van der Waals surface area contributed by atoms with Crippen LogP contribution < -0.4 is 4.74 Å². The average Bonchev–Trinajstić information content (AvgIpc) is 3.24. The van der Waals surface area contributed by atoms with Gasteiger partial charge >= 0.3 is 5.88 Å². The van der Waals surface area contributed by atoms with Crippen LogP contribution in [-0.2, 0) is 4.74 Å². The van der Waals surface area contributed by atoms with Crippen molar-refractivity contribution >= 4 is 40.5 Å². The number of nitrogens with zero attached hydrogens (tertiary/aromatic N) is 4. The Morgan fingerprint density at radius 2 is 2.06 bits per heavy atom. The molecule has 1 saturated heterocycles. The minimum Gasteiger partial charge on any atom is -0.489 e. The summed E-state index contributed by atoms with van der Waals surface area (Å²) in [4.78, 5) is 20.7. The maximum Gasteiger partial charge on any atom is 0.433 e. The lowest BCUT2D eigenvalue weighted by Gasteiger charge is -2.26. The van der Waals surface area contributed by atoms with Gasteiger partial charge in [0.1, 0.15) is 22.4 Å². The topological polar surface area (TPSA) is 104 Å². The van der Waals surface area contributed by atoms with Crippen LogP contribution in [0, 0.1) is 15.9 Å². The summed E-state index contributed by atoms with van der Waals surface area (Å²) in [5.74, 6) is -0.343. The second kappa shape index (κ2) is 9.38.